The molecular formula is C18H17BrO5. The summed E-state index contributed by atoms with van der Waals surface area (Å²) in [6.07, 6.45) is 2.61. The van der Waals surface area contributed by atoms with E-state index in [9.17, 15) is 4.79 Å². The molecule has 0 aliphatic heterocycles. The quantitative estimate of drug-likeness (QED) is 0.542. The topological polar surface area (TPSA) is 65.0 Å². The van der Waals surface area contributed by atoms with Gasteiger partial charge in [-0.05, 0) is 64.0 Å². The summed E-state index contributed by atoms with van der Waals surface area (Å²) in [6.45, 7) is 0.786. The van der Waals surface area contributed by atoms with Gasteiger partial charge < -0.3 is 19.3 Å². The number of benzene rings is 2. The normalized spacial score (nSPS) is 10.6. The SMILES string of the molecule is COc1ccc(OCCOc2ccc(C=CC(=O)O)cc2Br)cc1. The predicted octanol–water partition coefficient (Wildman–Crippen LogP) is 4.01. The molecule has 2 rings (SSSR count). The number of carbonyl (C=O) groups is 1. The highest BCUT2D eigenvalue weighted by atomic mass is 79.9. The van der Waals surface area contributed by atoms with E-state index in [1.54, 1.807) is 25.3 Å². The highest BCUT2D eigenvalue weighted by Gasteiger charge is 2.02. The van der Waals surface area contributed by atoms with Crippen molar-refractivity contribution in [2.75, 3.05) is 20.3 Å². The highest BCUT2D eigenvalue weighted by Crippen LogP contribution is 2.26. The zero-order valence-corrected chi connectivity index (χ0v) is 14.7. The van der Waals surface area contributed by atoms with Crippen LogP contribution in [-0.2, 0) is 4.79 Å². The molecule has 1 N–H and O–H groups in total. The molecule has 0 aliphatic rings. The number of ether oxygens (including phenoxy) is 3. The van der Waals surface area contributed by atoms with Gasteiger partial charge in [0.15, 0.2) is 0 Å². The molecule has 24 heavy (non-hydrogen) atoms. The first-order valence-electron chi connectivity index (χ1n) is 7.18. The van der Waals surface area contributed by atoms with Crippen molar-refractivity contribution in [3.05, 3.63) is 58.6 Å². The summed E-state index contributed by atoms with van der Waals surface area (Å²) in [5.41, 5.74) is 0.770. The van der Waals surface area contributed by atoms with E-state index in [1.165, 1.54) is 6.08 Å². The lowest BCUT2D eigenvalue weighted by atomic mass is 10.2. The van der Waals surface area contributed by atoms with E-state index < -0.39 is 5.97 Å². The van der Waals surface area contributed by atoms with Crippen molar-refractivity contribution >= 4 is 28.0 Å². The van der Waals surface area contributed by atoms with Gasteiger partial charge in [0.1, 0.15) is 30.5 Å². The minimum absolute atomic E-state index is 0.384. The first kappa shape index (κ1) is 17.9. The van der Waals surface area contributed by atoms with Crippen molar-refractivity contribution < 1.29 is 24.1 Å². The summed E-state index contributed by atoms with van der Waals surface area (Å²) in [6, 6.07) is 12.7. The zero-order chi connectivity index (χ0) is 17.4. The zero-order valence-electron chi connectivity index (χ0n) is 13.1. The molecule has 0 radical (unpaired) electrons. The lowest BCUT2D eigenvalue weighted by Gasteiger charge is -2.10. The fourth-order valence-corrected chi connectivity index (χ4v) is 2.40. The first-order valence-corrected chi connectivity index (χ1v) is 7.98. The number of carboxylic acid groups (broad SMARTS) is 1. The minimum atomic E-state index is -0.984. The maximum Gasteiger partial charge on any atom is 0.328 e. The van der Waals surface area contributed by atoms with Gasteiger partial charge in [-0.3, -0.25) is 0 Å². The summed E-state index contributed by atoms with van der Waals surface area (Å²) in [4.78, 5) is 10.5. The van der Waals surface area contributed by atoms with Crippen LogP contribution in [-0.4, -0.2) is 31.4 Å². The van der Waals surface area contributed by atoms with Gasteiger partial charge in [-0.15, -0.1) is 0 Å². The largest absolute Gasteiger partial charge is 0.497 e. The summed E-state index contributed by atoms with van der Waals surface area (Å²) in [7, 11) is 1.62. The van der Waals surface area contributed by atoms with Crippen LogP contribution in [0.3, 0.4) is 0 Å². The van der Waals surface area contributed by atoms with Crippen molar-refractivity contribution in [2.24, 2.45) is 0 Å². The van der Waals surface area contributed by atoms with Gasteiger partial charge in [-0.1, -0.05) is 6.07 Å². The number of hydrogen-bond donors (Lipinski definition) is 1. The first-order chi connectivity index (χ1) is 11.6. The average molecular weight is 393 g/mol. The van der Waals surface area contributed by atoms with E-state index in [4.69, 9.17) is 19.3 Å². The lowest BCUT2D eigenvalue weighted by Crippen LogP contribution is -2.09. The Balaban J connectivity index is 1.82. The Bertz CT molecular complexity index is 710. The molecule has 5 nitrogen and oxygen atoms in total. The molecule has 2 aromatic carbocycles. The molecule has 0 aromatic heterocycles. The van der Waals surface area contributed by atoms with E-state index in [-0.39, 0.29) is 0 Å². The van der Waals surface area contributed by atoms with Crippen molar-refractivity contribution in [2.45, 2.75) is 0 Å². The third-order valence-electron chi connectivity index (χ3n) is 3.04. The third-order valence-corrected chi connectivity index (χ3v) is 3.66. The van der Waals surface area contributed by atoms with Gasteiger partial charge >= 0.3 is 5.97 Å². The molecule has 0 saturated heterocycles. The van der Waals surface area contributed by atoms with Crippen LogP contribution in [0.5, 0.6) is 17.2 Å². The summed E-state index contributed by atoms with van der Waals surface area (Å²) >= 11 is 3.41. The smallest absolute Gasteiger partial charge is 0.328 e. The van der Waals surface area contributed by atoms with Crippen molar-refractivity contribution in [1.82, 2.24) is 0 Å². The van der Waals surface area contributed by atoms with E-state index >= 15 is 0 Å². The van der Waals surface area contributed by atoms with Gasteiger partial charge in [-0.25, -0.2) is 4.79 Å². The molecule has 0 unspecified atom stereocenters. The van der Waals surface area contributed by atoms with Crippen LogP contribution in [0, 0.1) is 0 Å². The molecule has 0 heterocycles. The maximum atomic E-state index is 10.5. The lowest BCUT2D eigenvalue weighted by molar-refractivity contribution is -0.131. The predicted molar refractivity (Wildman–Crippen MR) is 94.8 cm³/mol. The molecule has 0 bridgehead atoms. The Labute approximate surface area is 148 Å². The summed E-state index contributed by atoms with van der Waals surface area (Å²) < 4.78 is 17.1. The van der Waals surface area contributed by atoms with Gasteiger partial charge in [0.2, 0.25) is 0 Å². The second-order valence-electron chi connectivity index (χ2n) is 4.73. The molecule has 0 atom stereocenters. The second kappa shape index (κ2) is 8.98. The number of aliphatic carboxylic acids is 1. The minimum Gasteiger partial charge on any atom is -0.497 e. The van der Waals surface area contributed by atoms with Crippen LogP contribution in [0.4, 0.5) is 0 Å². The summed E-state index contributed by atoms with van der Waals surface area (Å²) in [5.74, 6) is 1.20. The Hall–Kier alpha value is -2.47. The molecule has 0 aliphatic carbocycles. The number of methoxy groups -OCH3 is 1. The van der Waals surface area contributed by atoms with E-state index in [0.717, 1.165) is 27.6 Å². The van der Waals surface area contributed by atoms with Crippen molar-refractivity contribution in [3.8, 4) is 17.2 Å². The molecule has 0 fully saturated rings. The molecule has 6 heteroatoms. The molecule has 0 amide bonds. The van der Waals surface area contributed by atoms with Crippen LogP contribution in [0.25, 0.3) is 6.08 Å². The maximum absolute atomic E-state index is 10.5. The molecule has 0 saturated carbocycles. The fraction of sp³-hybridized carbons (Fsp3) is 0.167. The van der Waals surface area contributed by atoms with Crippen molar-refractivity contribution in [1.29, 1.82) is 0 Å². The Morgan fingerprint density at radius 3 is 2.38 bits per heavy atom. The van der Waals surface area contributed by atoms with E-state index in [1.807, 2.05) is 24.3 Å². The molecule has 0 spiro atoms. The van der Waals surface area contributed by atoms with Crippen LogP contribution >= 0.6 is 15.9 Å². The van der Waals surface area contributed by atoms with E-state index in [0.29, 0.717) is 19.0 Å². The average Bonchev–Trinajstić information content (AvgIpc) is 2.58. The number of rotatable bonds is 8. The Morgan fingerprint density at radius 1 is 1.08 bits per heavy atom. The van der Waals surface area contributed by atoms with Crippen LogP contribution in [0.2, 0.25) is 0 Å². The molecular weight excluding hydrogens is 376 g/mol. The van der Waals surface area contributed by atoms with Gasteiger partial charge in [0.25, 0.3) is 0 Å². The van der Waals surface area contributed by atoms with Crippen molar-refractivity contribution in [3.63, 3.8) is 0 Å². The third kappa shape index (κ3) is 5.62. The van der Waals surface area contributed by atoms with Crippen LogP contribution in [0.1, 0.15) is 5.56 Å². The van der Waals surface area contributed by atoms with Crippen LogP contribution in [0.15, 0.2) is 53.0 Å². The number of carboxylic acids is 1. The number of hydrogen-bond acceptors (Lipinski definition) is 4. The fourth-order valence-electron chi connectivity index (χ4n) is 1.89. The van der Waals surface area contributed by atoms with E-state index in [2.05, 4.69) is 15.9 Å². The Morgan fingerprint density at radius 2 is 1.75 bits per heavy atom. The summed E-state index contributed by atoms with van der Waals surface area (Å²) in [5, 5.41) is 8.62. The van der Waals surface area contributed by atoms with Gasteiger partial charge in [0, 0.05) is 6.08 Å². The molecule has 2 aromatic rings. The number of halogens is 1. The Kier molecular flexibility index (Phi) is 6.69. The standard InChI is InChI=1S/C18H17BrO5/c1-22-14-4-6-15(7-5-14)23-10-11-24-17-8-2-13(12-16(17)19)3-9-18(20)21/h2-9,12H,10-11H2,1H3,(H,20,21). The van der Waals surface area contributed by atoms with Gasteiger partial charge in [0.05, 0.1) is 11.6 Å². The molecule has 126 valence electrons. The van der Waals surface area contributed by atoms with Crippen LogP contribution < -0.4 is 14.2 Å². The van der Waals surface area contributed by atoms with Gasteiger partial charge in [-0.2, -0.15) is 0 Å². The highest BCUT2D eigenvalue weighted by molar-refractivity contribution is 9.10. The monoisotopic (exact) mass is 392 g/mol. The second-order valence-corrected chi connectivity index (χ2v) is 5.59.